The molecule has 0 atom stereocenters. The molecule has 0 spiro atoms. The van der Waals surface area contributed by atoms with Gasteiger partial charge in [-0.15, -0.1) is 0 Å². The Morgan fingerprint density at radius 1 is 0.818 bits per heavy atom. The molecule has 0 bridgehead atoms. The van der Waals surface area contributed by atoms with Crippen LogP contribution >= 0.6 is 0 Å². The molecule has 1 aliphatic heterocycles. The highest BCUT2D eigenvalue weighted by Crippen LogP contribution is 2.34. The normalized spacial score (nSPS) is 14.9. The number of benzene rings is 2. The van der Waals surface area contributed by atoms with Gasteiger partial charge in [-0.25, -0.2) is 8.42 Å². The lowest BCUT2D eigenvalue weighted by Crippen LogP contribution is -2.59. The molecule has 2 aromatic heterocycles. The third kappa shape index (κ3) is 4.24. The van der Waals surface area contributed by atoms with E-state index in [-0.39, 0.29) is 6.04 Å². The van der Waals surface area contributed by atoms with Crippen LogP contribution in [0.5, 0.6) is 0 Å². The van der Waals surface area contributed by atoms with E-state index in [1.165, 1.54) is 10.6 Å². The lowest BCUT2D eigenvalue weighted by atomic mass is 10.1. The van der Waals surface area contributed by atoms with Crippen LogP contribution in [0.4, 0.5) is 11.4 Å². The fraction of sp³-hybridized carbons (Fsp3) is 0.273. The summed E-state index contributed by atoms with van der Waals surface area (Å²) >= 11 is 0. The zero-order valence-electron chi connectivity index (χ0n) is 18.3. The maximum Gasteiger partial charge on any atom is 0.223 e. The van der Waals surface area contributed by atoms with Crippen molar-refractivity contribution in [3.63, 3.8) is 0 Å². The van der Waals surface area contributed by atoms with Gasteiger partial charge in [0.1, 0.15) is 0 Å². The van der Waals surface area contributed by atoms with Crippen molar-refractivity contribution < 1.29 is 17.5 Å². The quantitative estimate of drug-likeness (QED) is 0.422. The van der Waals surface area contributed by atoms with Crippen LogP contribution in [0, 0.1) is 13.8 Å². The van der Waals surface area contributed by atoms with Gasteiger partial charge in [-0.2, -0.15) is 14.3 Å². The van der Waals surface area contributed by atoms with Crippen LogP contribution in [0.1, 0.15) is 11.8 Å². The van der Waals surface area contributed by atoms with Crippen molar-refractivity contribution in [2.75, 3.05) is 24.2 Å². The first-order chi connectivity index (χ1) is 15.8. The Bertz CT molecular complexity index is 1290. The highest BCUT2D eigenvalue weighted by molar-refractivity contribution is 7.88. The Hall–Kier alpha value is -3.57. The molecule has 3 heterocycles. The summed E-state index contributed by atoms with van der Waals surface area (Å²) in [5.74, 6) is 2.06. The smallest absolute Gasteiger partial charge is 0.223 e. The van der Waals surface area contributed by atoms with Gasteiger partial charge in [-0.1, -0.05) is 10.3 Å². The van der Waals surface area contributed by atoms with E-state index >= 15 is 0 Å². The van der Waals surface area contributed by atoms with E-state index in [2.05, 4.69) is 25.2 Å². The molecule has 1 saturated heterocycles. The summed E-state index contributed by atoms with van der Waals surface area (Å²) in [4.78, 5) is 10.7. The van der Waals surface area contributed by atoms with Crippen molar-refractivity contribution in [2.45, 2.75) is 19.9 Å². The molecule has 2 aromatic carbocycles. The number of hydrogen-bond donors (Lipinski definition) is 0. The number of nitrogens with zero attached hydrogens (tertiary/aromatic N) is 6. The Labute approximate surface area is 190 Å². The number of aromatic nitrogens is 4. The minimum atomic E-state index is -3.22. The van der Waals surface area contributed by atoms with Crippen molar-refractivity contribution in [1.82, 2.24) is 24.6 Å². The number of sulfonamides is 1. The third-order valence-corrected chi connectivity index (χ3v) is 6.76. The summed E-state index contributed by atoms with van der Waals surface area (Å²) in [7, 11) is -3.22. The predicted molar refractivity (Wildman–Crippen MR) is 121 cm³/mol. The minimum absolute atomic E-state index is 0.00346. The summed E-state index contributed by atoms with van der Waals surface area (Å²) in [6, 6.07) is 15.6. The molecule has 5 rings (SSSR count). The van der Waals surface area contributed by atoms with Crippen LogP contribution in [0.3, 0.4) is 0 Å². The first-order valence-corrected chi connectivity index (χ1v) is 12.2. The van der Waals surface area contributed by atoms with Crippen LogP contribution in [0.15, 0.2) is 57.6 Å². The topological polar surface area (TPSA) is 118 Å². The molecule has 0 unspecified atom stereocenters. The highest BCUT2D eigenvalue weighted by atomic mass is 32.2. The molecule has 0 aliphatic carbocycles. The fourth-order valence-electron chi connectivity index (χ4n) is 3.80. The summed E-state index contributed by atoms with van der Waals surface area (Å²) in [6.07, 6.45) is 1.23. The van der Waals surface area contributed by atoms with Gasteiger partial charge >= 0.3 is 0 Å². The van der Waals surface area contributed by atoms with Gasteiger partial charge in [0.2, 0.25) is 33.5 Å². The van der Waals surface area contributed by atoms with Crippen LogP contribution in [0.25, 0.3) is 22.8 Å². The van der Waals surface area contributed by atoms with Crippen LogP contribution in [-0.2, 0) is 10.0 Å². The number of aryl methyl sites for hydroxylation is 2. The summed E-state index contributed by atoms with van der Waals surface area (Å²) in [5.41, 5.74) is 3.54. The molecular formula is C22H22N6O4S. The molecule has 33 heavy (non-hydrogen) atoms. The summed E-state index contributed by atoms with van der Waals surface area (Å²) in [6.45, 7) is 4.32. The molecule has 0 amide bonds. The number of rotatable bonds is 6. The molecule has 0 saturated carbocycles. The maximum atomic E-state index is 11.9. The van der Waals surface area contributed by atoms with Gasteiger partial charge < -0.3 is 13.9 Å². The summed E-state index contributed by atoms with van der Waals surface area (Å²) in [5, 5.41) is 7.93. The van der Waals surface area contributed by atoms with Crippen molar-refractivity contribution in [3.05, 3.63) is 60.3 Å². The van der Waals surface area contributed by atoms with E-state index in [1.54, 1.807) is 13.8 Å². The Kier molecular flexibility index (Phi) is 5.22. The molecule has 4 aromatic rings. The van der Waals surface area contributed by atoms with Crippen molar-refractivity contribution in [3.8, 4) is 22.8 Å². The standard InChI is InChI=1S/C22H22N6O4S/c1-14-23-21(25-31-14)16-4-8-18(9-5-16)28(20-12-27(13-20)33(3,29)30)19-10-6-17(7-11-19)22-24-15(2)32-26-22/h4-11,20H,12-13H2,1-3H3. The predicted octanol–water partition coefficient (Wildman–Crippen LogP) is 3.19. The van der Waals surface area contributed by atoms with E-state index in [4.69, 9.17) is 9.05 Å². The zero-order valence-corrected chi connectivity index (χ0v) is 19.2. The second kappa shape index (κ2) is 8.09. The molecule has 0 radical (unpaired) electrons. The highest BCUT2D eigenvalue weighted by Gasteiger charge is 2.37. The van der Waals surface area contributed by atoms with E-state index < -0.39 is 10.0 Å². The number of anilines is 2. The molecule has 1 fully saturated rings. The van der Waals surface area contributed by atoms with E-state index in [9.17, 15) is 8.42 Å². The molecule has 10 nitrogen and oxygen atoms in total. The van der Waals surface area contributed by atoms with Crippen molar-refractivity contribution >= 4 is 21.4 Å². The van der Waals surface area contributed by atoms with Gasteiger partial charge in [0.15, 0.2) is 0 Å². The molecule has 1 aliphatic rings. The molecular weight excluding hydrogens is 444 g/mol. The third-order valence-electron chi connectivity index (χ3n) is 5.53. The largest absolute Gasteiger partial charge is 0.339 e. The Morgan fingerprint density at radius 3 is 1.58 bits per heavy atom. The van der Waals surface area contributed by atoms with Gasteiger partial charge in [0.05, 0.1) is 12.3 Å². The second-order valence-electron chi connectivity index (χ2n) is 7.97. The maximum absolute atomic E-state index is 11.9. The van der Waals surface area contributed by atoms with Gasteiger partial charge in [-0.3, -0.25) is 0 Å². The molecule has 0 N–H and O–H groups in total. The lowest BCUT2D eigenvalue weighted by molar-refractivity contribution is 0.265. The van der Waals surface area contributed by atoms with Crippen LogP contribution in [0.2, 0.25) is 0 Å². The lowest BCUT2D eigenvalue weighted by Gasteiger charge is -2.45. The Balaban J connectivity index is 1.46. The second-order valence-corrected chi connectivity index (χ2v) is 9.95. The van der Waals surface area contributed by atoms with Gasteiger partial charge in [0, 0.05) is 49.4 Å². The van der Waals surface area contributed by atoms with Gasteiger partial charge in [-0.05, 0) is 48.5 Å². The number of hydrogen-bond acceptors (Lipinski definition) is 9. The summed E-state index contributed by atoms with van der Waals surface area (Å²) < 4.78 is 35.5. The van der Waals surface area contributed by atoms with Crippen LogP contribution < -0.4 is 4.90 Å². The fourth-order valence-corrected chi connectivity index (χ4v) is 4.68. The average Bonchev–Trinajstić information content (AvgIpc) is 3.38. The van der Waals surface area contributed by atoms with E-state index in [1.807, 2.05) is 48.5 Å². The van der Waals surface area contributed by atoms with Crippen molar-refractivity contribution in [1.29, 1.82) is 0 Å². The van der Waals surface area contributed by atoms with Crippen LogP contribution in [-0.4, -0.2) is 58.4 Å². The molecule has 11 heteroatoms. The minimum Gasteiger partial charge on any atom is -0.339 e. The van der Waals surface area contributed by atoms with Crippen molar-refractivity contribution in [2.24, 2.45) is 0 Å². The molecule has 170 valence electrons. The van der Waals surface area contributed by atoms with E-state index in [0.29, 0.717) is 36.5 Å². The SMILES string of the molecule is Cc1nc(-c2ccc(N(c3ccc(-c4noc(C)n4)cc3)C3CN(S(C)(=O)=O)C3)cc2)no1. The van der Waals surface area contributed by atoms with E-state index in [0.717, 1.165) is 22.5 Å². The Morgan fingerprint density at radius 2 is 1.24 bits per heavy atom. The zero-order chi connectivity index (χ0) is 23.2. The monoisotopic (exact) mass is 466 g/mol. The first-order valence-electron chi connectivity index (χ1n) is 10.3. The van der Waals surface area contributed by atoms with Gasteiger partial charge in [0.25, 0.3) is 0 Å². The first kappa shape index (κ1) is 21.3. The average molecular weight is 467 g/mol.